The van der Waals surface area contributed by atoms with E-state index < -0.39 is 35.3 Å². The van der Waals surface area contributed by atoms with Crippen molar-refractivity contribution >= 4 is 29.7 Å². The highest BCUT2D eigenvalue weighted by molar-refractivity contribution is 7.98. The van der Waals surface area contributed by atoms with Crippen molar-refractivity contribution in [2.24, 2.45) is 0 Å². The fraction of sp³-hybridized carbons (Fsp3) is 0.870. The number of rotatable bonds is 12. The van der Waals surface area contributed by atoms with E-state index >= 15 is 0 Å². The van der Waals surface area contributed by atoms with Gasteiger partial charge in [-0.1, -0.05) is 0 Å². The zero-order valence-corrected chi connectivity index (χ0v) is 22.6. The Morgan fingerprint density at radius 2 is 1.62 bits per heavy atom. The normalized spacial score (nSPS) is 16.9. The molecule has 0 spiro atoms. The van der Waals surface area contributed by atoms with E-state index in [1.165, 1.54) is 0 Å². The molecule has 1 fully saturated rings. The van der Waals surface area contributed by atoms with Crippen LogP contribution in [-0.4, -0.2) is 104 Å². The summed E-state index contributed by atoms with van der Waals surface area (Å²) in [5.74, 6) is -0.0437. The first-order valence-corrected chi connectivity index (χ1v) is 13.2. The smallest absolute Gasteiger partial charge is 0.408 e. The average Bonchev–Trinajstić information content (AvgIpc) is 2.72. The number of amides is 3. The predicted octanol–water partition coefficient (Wildman–Crippen LogP) is 1.38. The van der Waals surface area contributed by atoms with Crippen molar-refractivity contribution in [1.29, 1.82) is 0 Å². The highest BCUT2D eigenvalue weighted by Crippen LogP contribution is 2.10. The Morgan fingerprint density at radius 3 is 2.18 bits per heavy atom. The molecule has 0 unspecified atom stereocenters. The number of carbonyl (C=O) groups excluding carboxylic acids is 3. The third kappa shape index (κ3) is 14.0. The van der Waals surface area contributed by atoms with Crippen molar-refractivity contribution in [3.05, 3.63) is 0 Å². The van der Waals surface area contributed by atoms with Gasteiger partial charge in [0.15, 0.2) is 0 Å². The molecule has 0 aromatic heterocycles. The van der Waals surface area contributed by atoms with Gasteiger partial charge < -0.3 is 30.2 Å². The molecular formula is C23H44N4O6S. The van der Waals surface area contributed by atoms with Crippen LogP contribution in [0.3, 0.4) is 0 Å². The number of morpholine rings is 1. The van der Waals surface area contributed by atoms with Crippen LogP contribution in [0.15, 0.2) is 0 Å². The molecule has 0 aromatic rings. The predicted molar refractivity (Wildman–Crippen MR) is 134 cm³/mol. The summed E-state index contributed by atoms with van der Waals surface area (Å²) in [5, 5.41) is 8.30. The molecule has 3 N–H and O–H groups in total. The molecule has 11 heteroatoms. The summed E-state index contributed by atoms with van der Waals surface area (Å²) in [7, 11) is 0. The summed E-state index contributed by atoms with van der Waals surface area (Å²) >= 11 is 1.59. The topological polar surface area (TPSA) is 118 Å². The molecule has 0 aliphatic carbocycles. The Labute approximate surface area is 208 Å². The van der Waals surface area contributed by atoms with Gasteiger partial charge in [-0.3, -0.25) is 14.5 Å². The minimum atomic E-state index is -1.01. The summed E-state index contributed by atoms with van der Waals surface area (Å²) < 4.78 is 16.4. The zero-order chi connectivity index (χ0) is 25.8. The second kappa shape index (κ2) is 14.8. The SMILES string of the molecule is CSCC[C@H](NC(=O)[C@H](COC(C)(C)C)NC(=O)OC(C)(C)C)C(=O)NCCN1CCOCC1. The van der Waals surface area contributed by atoms with Crippen molar-refractivity contribution in [3.63, 3.8) is 0 Å². The summed E-state index contributed by atoms with van der Waals surface area (Å²) in [5.41, 5.74) is -1.22. The molecule has 34 heavy (non-hydrogen) atoms. The lowest BCUT2D eigenvalue weighted by atomic mass is 10.1. The molecule has 198 valence electrons. The molecule has 10 nitrogen and oxygen atoms in total. The van der Waals surface area contributed by atoms with Gasteiger partial charge in [-0.25, -0.2) is 4.79 Å². The van der Waals surface area contributed by atoms with E-state index in [1.807, 2.05) is 27.0 Å². The van der Waals surface area contributed by atoms with Gasteiger partial charge in [0.05, 0.1) is 25.4 Å². The molecule has 1 rings (SSSR count). The first-order chi connectivity index (χ1) is 15.8. The standard InChI is InChI=1S/C23H44N4O6S/c1-22(2,3)32-16-18(26-21(30)33-23(4,5)6)20(29)25-17(8-15-34-7)19(28)24-9-10-27-11-13-31-14-12-27/h17-18H,8-16H2,1-7H3,(H,24,28)(H,25,29)(H,26,30)/t17-,18-/m0/s1. The average molecular weight is 505 g/mol. The number of thioether (sulfide) groups is 1. The molecule has 1 aliphatic heterocycles. The van der Waals surface area contributed by atoms with E-state index in [0.29, 0.717) is 31.9 Å². The Kier molecular flexibility index (Phi) is 13.2. The summed E-state index contributed by atoms with van der Waals surface area (Å²) in [4.78, 5) is 40.5. The molecule has 3 amide bonds. The highest BCUT2D eigenvalue weighted by Gasteiger charge is 2.29. The molecular weight excluding hydrogens is 460 g/mol. The van der Waals surface area contributed by atoms with Crippen molar-refractivity contribution in [2.45, 2.75) is 71.2 Å². The number of nitrogens with one attached hydrogen (secondary N) is 3. The Bertz CT molecular complexity index is 644. The van der Waals surface area contributed by atoms with E-state index in [2.05, 4.69) is 20.9 Å². The van der Waals surface area contributed by atoms with E-state index in [9.17, 15) is 14.4 Å². The minimum absolute atomic E-state index is 0.0531. The third-order valence-corrected chi connectivity index (χ3v) is 5.41. The van der Waals surface area contributed by atoms with Gasteiger partial charge in [0.1, 0.15) is 17.7 Å². The summed E-state index contributed by atoms with van der Waals surface area (Å²) in [6.07, 6.45) is 1.69. The number of nitrogens with zero attached hydrogens (tertiary/aromatic N) is 1. The molecule has 0 saturated carbocycles. The van der Waals surface area contributed by atoms with Gasteiger partial charge in [0.2, 0.25) is 11.8 Å². The van der Waals surface area contributed by atoms with Crippen molar-refractivity contribution < 1.29 is 28.6 Å². The number of hydrogen-bond acceptors (Lipinski definition) is 8. The molecule has 1 heterocycles. The fourth-order valence-corrected chi connectivity index (χ4v) is 3.50. The van der Waals surface area contributed by atoms with Crippen LogP contribution < -0.4 is 16.0 Å². The number of carbonyl (C=O) groups is 3. The monoisotopic (exact) mass is 504 g/mol. The van der Waals surface area contributed by atoms with Gasteiger partial charge in [0.25, 0.3) is 0 Å². The molecule has 0 bridgehead atoms. The zero-order valence-electron chi connectivity index (χ0n) is 21.8. The van der Waals surface area contributed by atoms with E-state index in [1.54, 1.807) is 32.5 Å². The van der Waals surface area contributed by atoms with Gasteiger partial charge in [-0.2, -0.15) is 11.8 Å². The Balaban J connectivity index is 2.76. The largest absolute Gasteiger partial charge is 0.444 e. The Morgan fingerprint density at radius 1 is 0.971 bits per heavy atom. The summed E-state index contributed by atoms with van der Waals surface area (Å²) in [6.45, 7) is 15.0. The van der Waals surface area contributed by atoms with Crippen molar-refractivity contribution in [3.8, 4) is 0 Å². The van der Waals surface area contributed by atoms with Crippen LogP contribution in [0.25, 0.3) is 0 Å². The third-order valence-electron chi connectivity index (χ3n) is 4.77. The number of ether oxygens (including phenoxy) is 3. The molecule has 0 radical (unpaired) electrons. The van der Waals surface area contributed by atoms with Crippen LogP contribution in [0, 0.1) is 0 Å². The minimum Gasteiger partial charge on any atom is -0.444 e. The van der Waals surface area contributed by atoms with Crippen molar-refractivity contribution in [2.75, 3.05) is 58.0 Å². The number of alkyl carbamates (subject to hydrolysis) is 1. The van der Waals surface area contributed by atoms with Crippen LogP contribution >= 0.6 is 11.8 Å². The lowest BCUT2D eigenvalue weighted by Crippen LogP contribution is -2.56. The maximum Gasteiger partial charge on any atom is 0.408 e. The quantitative estimate of drug-likeness (QED) is 0.365. The highest BCUT2D eigenvalue weighted by atomic mass is 32.2. The van der Waals surface area contributed by atoms with Crippen LogP contribution in [-0.2, 0) is 23.8 Å². The second-order valence-electron chi connectivity index (χ2n) is 10.2. The first-order valence-electron chi connectivity index (χ1n) is 11.8. The van der Waals surface area contributed by atoms with Crippen LogP contribution in [0.5, 0.6) is 0 Å². The maximum absolute atomic E-state index is 13.1. The van der Waals surface area contributed by atoms with Gasteiger partial charge in [-0.15, -0.1) is 0 Å². The van der Waals surface area contributed by atoms with Crippen LogP contribution in [0.4, 0.5) is 4.79 Å². The van der Waals surface area contributed by atoms with E-state index in [4.69, 9.17) is 14.2 Å². The Hall–Kier alpha value is -1.56. The molecule has 1 saturated heterocycles. The van der Waals surface area contributed by atoms with E-state index in [-0.39, 0.29) is 12.5 Å². The van der Waals surface area contributed by atoms with Gasteiger partial charge >= 0.3 is 6.09 Å². The molecule has 1 aliphatic rings. The molecule has 2 atom stereocenters. The van der Waals surface area contributed by atoms with Gasteiger partial charge in [0, 0.05) is 26.2 Å². The van der Waals surface area contributed by atoms with Crippen molar-refractivity contribution in [1.82, 2.24) is 20.9 Å². The fourth-order valence-electron chi connectivity index (χ4n) is 3.03. The second-order valence-corrected chi connectivity index (χ2v) is 11.2. The van der Waals surface area contributed by atoms with Crippen LogP contribution in [0.2, 0.25) is 0 Å². The van der Waals surface area contributed by atoms with Crippen LogP contribution in [0.1, 0.15) is 48.0 Å². The first kappa shape index (κ1) is 30.5. The molecule has 0 aromatic carbocycles. The number of hydrogen-bond donors (Lipinski definition) is 3. The van der Waals surface area contributed by atoms with Gasteiger partial charge in [-0.05, 0) is 60.0 Å². The lowest BCUT2D eigenvalue weighted by Gasteiger charge is -2.28. The van der Waals surface area contributed by atoms with E-state index in [0.717, 1.165) is 19.6 Å². The maximum atomic E-state index is 13.1. The lowest BCUT2D eigenvalue weighted by molar-refractivity contribution is -0.132. The summed E-state index contributed by atoms with van der Waals surface area (Å²) in [6, 6.07) is -1.73.